The summed E-state index contributed by atoms with van der Waals surface area (Å²) in [5.41, 5.74) is 4.10. The van der Waals surface area contributed by atoms with Gasteiger partial charge >= 0.3 is 0 Å². The first-order valence-corrected chi connectivity index (χ1v) is 12.4. The molecule has 4 aromatic rings. The van der Waals surface area contributed by atoms with Crippen molar-refractivity contribution in [3.05, 3.63) is 69.9 Å². The second-order valence-electron chi connectivity index (χ2n) is 8.10. The van der Waals surface area contributed by atoms with Crippen molar-refractivity contribution in [1.29, 1.82) is 0 Å². The number of hydrogen-bond donors (Lipinski definition) is 1. The summed E-state index contributed by atoms with van der Waals surface area (Å²) in [7, 11) is 1.69. The average Bonchev–Trinajstić information content (AvgIpc) is 2.80. The van der Waals surface area contributed by atoms with Crippen LogP contribution in [0.1, 0.15) is 25.3 Å². The lowest BCUT2D eigenvalue weighted by molar-refractivity contribution is 0.265. The number of nitrogens with one attached hydrogen (secondary N) is 1. The lowest BCUT2D eigenvalue weighted by Gasteiger charge is -2.22. The van der Waals surface area contributed by atoms with E-state index >= 15 is 0 Å². The van der Waals surface area contributed by atoms with Gasteiger partial charge in [-0.15, -0.1) is 0 Å². The first-order valence-electron chi connectivity index (χ1n) is 11.2. The van der Waals surface area contributed by atoms with Gasteiger partial charge in [0.25, 0.3) is 0 Å². The highest BCUT2D eigenvalue weighted by Crippen LogP contribution is 2.34. The lowest BCUT2D eigenvalue weighted by Crippen LogP contribution is -2.26. The van der Waals surface area contributed by atoms with E-state index in [9.17, 15) is 0 Å². The second kappa shape index (κ2) is 11.1. The Morgan fingerprint density at radius 1 is 1.03 bits per heavy atom. The molecule has 0 saturated heterocycles. The molecule has 172 valence electrons. The molecule has 0 aliphatic rings. The van der Waals surface area contributed by atoms with Crippen molar-refractivity contribution in [2.24, 2.45) is 0 Å². The summed E-state index contributed by atoms with van der Waals surface area (Å²) in [4.78, 5) is 11.6. The smallest absolute Gasteiger partial charge is 0.119 e. The lowest BCUT2D eigenvalue weighted by atomic mass is 10.1. The van der Waals surface area contributed by atoms with E-state index in [1.807, 2.05) is 48.8 Å². The first kappa shape index (κ1) is 23.7. The SMILES string of the molecule is CCCN(CCCNc1c2ccc(Cl)cc2nc2ccc(OC)cc12)Cc1cncc(Br)c1. The van der Waals surface area contributed by atoms with Crippen LogP contribution in [0.25, 0.3) is 21.8 Å². The molecule has 2 aromatic carbocycles. The number of anilines is 1. The summed E-state index contributed by atoms with van der Waals surface area (Å²) in [5, 5.41) is 6.48. The van der Waals surface area contributed by atoms with Crippen molar-refractivity contribution in [1.82, 2.24) is 14.9 Å². The maximum Gasteiger partial charge on any atom is 0.119 e. The molecular formula is C26H28BrClN4O. The maximum absolute atomic E-state index is 6.24. The van der Waals surface area contributed by atoms with Gasteiger partial charge in [0.15, 0.2) is 0 Å². The van der Waals surface area contributed by atoms with Gasteiger partial charge in [0, 0.05) is 52.3 Å². The Hall–Kier alpha value is -2.41. The van der Waals surface area contributed by atoms with Gasteiger partial charge in [0.1, 0.15) is 5.75 Å². The van der Waals surface area contributed by atoms with Gasteiger partial charge in [-0.1, -0.05) is 18.5 Å². The number of halogens is 2. The van der Waals surface area contributed by atoms with E-state index in [0.29, 0.717) is 5.02 Å². The van der Waals surface area contributed by atoms with E-state index in [0.717, 1.165) is 76.7 Å². The van der Waals surface area contributed by atoms with Gasteiger partial charge in [0.05, 0.1) is 23.8 Å². The van der Waals surface area contributed by atoms with Crippen LogP contribution in [0.5, 0.6) is 5.75 Å². The number of fused-ring (bicyclic) bond motifs is 2. The van der Waals surface area contributed by atoms with Crippen LogP contribution in [0.2, 0.25) is 5.02 Å². The molecule has 5 nitrogen and oxygen atoms in total. The van der Waals surface area contributed by atoms with Gasteiger partial charge in [-0.3, -0.25) is 9.88 Å². The third-order valence-corrected chi connectivity index (χ3v) is 6.27. The first-order chi connectivity index (χ1) is 16.1. The molecule has 0 amide bonds. The number of benzene rings is 2. The number of rotatable bonds is 10. The van der Waals surface area contributed by atoms with Crippen molar-refractivity contribution in [2.45, 2.75) is 26.3 Å². The molecule has 0 bridgehead atoms. The zero-order valence-electron chi connectivity index (χ0n) is 18.9. The molecule has 1 N–H and O–H groups in total. The molecule has 0 aliphatic carbocycles. The summed E-state index contributed by atoms with van der Waals surface area (Å²) < 4.78 is 6.48. The number of ether oxygens (including phenoxy) is 1. The van der Waals surface area contributed by atoms with Crippen LogP contribution in [0.15, 0.2) is 59.3 Å². The molecule has 33 heavy (non-hydrogen) atoms. The number of hydrogen-bond acceptors (Lipinski definition) is 5. The van der Waals surface area contributed by atoms with Gasteiger partial charge in [-0.2, -0.15) is 0 Å². The summed E-state index contributed by atoms with van der Waals surface area (Å²) in [6.07, 6.45) is 5.90. The van der Waals surface area contributed by atoms with Crippen LogP contribution in [-0.4, -0.2) is 41.6 Å². The Morgan fingerprint density at radius 2 is 1.91 bits per heavy atom. The summed E-state index contributed by atoms with van der Waals surface area (Å²) in [6.45, 7) is 6.03. The normalized spacial score (nSPS) is 11.4. The third kappa shape index (κ3) is 5.94. The molecule has 0 aliphatic heterocycles. The monoisotopic (exact) mass is 526 g/mol. The fraction of sp³-hybridized carbons (Fsp3) is 0.308. The van der Waals surface area contributed by atoms with Crippen molar-refractivity contribution >= 4 is 55.0 Å². The molecule has 0 radical (unpaired) electrons. The van der Waals surface area contributed by atoms with E-state index in [1.165, 1.54) is 5.56 Å². The number of nitrogens with zero attached hydrogens (tertiary/aromatic N) is 3. The Labute approximate surface area is 208 Å². The Bertz CT molecular complexity index is 1250. The minimum Gasteiger partial charge on any atom is -0.497 e. The Morgan fingerprint density at radius 3 is 2.70 bits per heavy atom. The predicted molar refractivity (Wildman–Crippen MR) is 141 cm³/mol. The van der Waals surface area contributed by atoms with Gasteiger partial charge in [-0.05, 0) is 83.3 Å². The minimum atomic E-state index is 0.686. The molecule has 7 heteroatoms. The van der Waals surface area contributed by atoms with Crippen molar-refractivity contribution < 1.29 is 4.74 Å². The van der Waals surface area contributed by atoms with Crippen molar-refractivity contribution in [2.75, 3.05) is 32.1 Å². The zero-order chi connectivity index (χ0) is 23.2. The van der Waals surface area contributed by atoms with Crippen LogP contribution in [0, 0.1) is 0 Å². The summed E-state index contributed by atoms with van der Waals surface area (Å²) in [6, 6.07) is 14.0. The topological polar surface area (TPSA) is 50.3 Å². The van der Waals surface area contributed by atoms with Crippen LogP contribution >= 0.6 is 27.5 Å². The number of methoxy groups -OCH3 is 1. The molecular weight excluding hydrogens is 500 g/mol. The fourth-order valence-corrected chi connectivity index (χ4v) is 4.70. The van der Waals surface area contributed by atoms with E-state index in [1.54, 1.807) is 7.11 Å². The highest BCUT2D eigenvalue weighted by Gasteiger charge is 2.12. The Balaban J connectivity index is 1.51. The van der Waals surface area contributed by atoms with Gasteiger partial charge < -0.3 is 10.1 Å². The standard InChI is InChI=1S/C26H28BrClN4O/c1-3-10-32(17-18-12-19(27)16-29-15-18)11-4-9-30-26-22-7-5-20(28)13-25(22)31-24-8-6-21(33-2)14-23(24)26/h5-8,12-16H,3-4,9-11,17H2,1-2H3,(H,30,31). The predicted octanol–water partition coefficient (Wildman–Crippen LogP) is 6.92. The quantitative estimate of drug-likeness (QED) is 0.179. The van der Waals surface area contributed by atoms with E-state index in [2.05, 4.69) is 44.1 Å². The molecule has 0 unspecified atom stereocenters. The Kier molecular flexibility index (Phi) is 8.02. The average molecular weight is 528 g/mol. The molecule has 0 atom stereocenters. The van der Waals surface area contributed by atoms with Gasteiger partial charge in [-0.25, -0.2) is 4.98 Å². The highest BCUT2D eigenvalue weighted by atomic mass is 79.9. The van der Waals surface area contributed by atoms with Crippen LogP contribution in [0.4, 0.5) is 5.69 Å². The summed E-state index contributed by atoms with van der Waals surface area (Å²) in [5.74, 6) is 0.817. The fourth-order valence-electron chi connectivity index (χ4n) is 4.12. The van der Waals surface area contributed by atoms with Gasteiger partial charge in [0.2, 0.25) is 0 Å². The largest absolute Gasteiger partial charge is 0.497 e. The van der Waals surface area contributed by atoms with E-state index in [4.69, 9.17) is 21.3 Å². The van der Waals surface area contributed by atoms with Crippen molar-refractivity contribution in [3.63, 3.8) is 0 Å². The summed E-state index contributed by atoms with van der Waals surface area (Å²) >= 11 is 9.77. The molecule has 0 spiro atoms. The van der Waals surface area contributed by atoms with Crippen LogP contribution in [0.3, 0.4) is 0 Å². The molecule has 4 rings (SSSR count). The van der Waals surface area contributed by atoms with E-state index in [-0.39, 0.29) is 0 Å². The van der Waals surface area contributed by atoms with Crippen molar-refractivity contribution in [3.8, 4) is 5.75 Å². The molecule has 0 saturated carbocycles. The maximum atomic E-state index is 6.24. The molecule has 2 aromatic heterocycles. The number of pyridine rings is 2. The van der Waals surface area contributed by atoms with E-state index < -0.39 is 0 Å². The third-order valence-electron chi connectivity index (χ3n) is 5.60. The second-order valence-corrected chi connectivity index (χ2v) is 9.45. The molecule has 2 heterocycles. The number of aromatic nitrogens is 2. The zero-order valence-corrected chi connectivity index (χ0v) is 21.3. The van der Waals surface area contributed by atoms with Crippen LogP contribution in [-0.2, 0) is 6.54 Å². The molecule has 0 fully saturated rings. The van der Waals surface area contributed by atoms with Crippen LogP contribution < -0.4 is 10.1 Å². The minimum absolute atomic E-state index is 0.686. The highest BCUT2D eigenvalue weighted by molar-refractivity contribution is 9.10.